The van der Waals surface area contributed by atoms with Gasteiger partial charge >= 0.3 is 10.9 Å². The number of para-hydroxylation sites is 1. The summed E-state index contributed by atoms with van der Waals surface area (Å²) in [7, 11) is 1.36. The summed E-state index contributed by atoms with van der Waals surface area (Å²) in [4.78, 5) is 64.6. The third kappa shape index (κ3) is 4.15. The lowest BCUT2D eigenvalue weighted by atomic mass is 9.83. The first-order chi connectivity index (χ1) is 17.7. The number of urea groups is 1. The van der Waals surface area contributed by atoms with Crippen LogP contribution in [-0.2, 0) is 20.9 Å². The fourth-order valence-corrected chi connectivity index (χ4v) is 7.36. The van der Waals surface area contributed by atoms with Gasteiger partial charge < -0.3 is 20.9 Å². The fraction of sp³-hybridized carbons (Fsp3) is 0.208. The number of nitrogens with zero attached hydrogens (tertiary/aromatic N) is 2. The van der Waals surface area contributed by atoms with Crippen molar-refractivity contribution in [3.05, 3.63) is 68.6 Å². The van der Waals surface area contributed by atoms with Gasteiger partial charge in [-0.15, -0.1) is 0 Å². The number of methoxy groups -OCH3 is 1. The SMILES string of the molecule is COc1cc([C@@H]2c3sc(=O)n(CC(=O)Nc4ccccc4)c3S[C@@H]3C(=O)N(C(N)=O)C(=O)[C@H]23)ccc1O. The number of primary amides is 1. The minimum atomic E-state index is -1.19. The van der Waals surface area contributed by atoms with Crippen molar-refractivity contribution >= 4 is 52.5 Å². The molecular formula is C24H20N4O7S2. The number of thioether (sulfide) groups is 1. The van der Waals surface area contributed by atoms with E-state index in [9.17, 15) is 29.1 Å². The van der Waals surface area contributed by atoms with Crippen LogP contribution in [0.2, 0.25) is 0 Å². The normalized spacial score (nSPS) is 20.4. The van der Waals surface area contributed by atoms with E-state index < -0.39 is 45.7 Å². The number of phenolic OH excluding ortho intramolecular Hbond substituents is 1. The molecule has 0 spiro atoms. The summed E-state index contributed by atoms with van der Waals surface area (Å²) in [6.07, 6.45) is 0. The number of likely N-dealkylation sites (tertiary alicyclic amines) is 1. The number of nitrogens with two attached hydrogens (primary N) is 1. The minimum absolute atomic E-state index is 0.131. The second-order valence-corrected chi connectivity index (χ2v) is 10.5. The molecule has 11 nitrogen and oxygen atoms in total. The van der Waals surface area contributed by atoms with Crippen LogP contribution in [0.3, 0.4) is 0 Å². The van der Waals surface area contributed by atoms with Crippen LogP contribution in [0.4, 0.5) is 10.5 Å². The maximum Gasteiger partial charge on any atom is 0.328 e. The molecule has 3 aromatic rings. The molecule has 2 aromatic carbocycles. The van der Waals surface area contributed by atoms with Crippen molar-refractivity contribution in [2.24, 2.45) is 11.7 Å². The smallest absolute Gasteiger partial charge is 0.328 e. The first-order valence-corrected chi connectivity index (χ1v) is 12.7. The molecule has 3 heterocycles. The van der Waals surface area contributed by atoms with E-state index in [1.54, 1.807) is 36.4 Å². The molecule has 0 unspecified atom stereocenters. The predicted molar refractivity (Wildman–Crippen MR) is 135 cm³/mol. The molecule has 1 saturated heterocycles. The number of aromatic hydroxyl groups is 1. The zero-order valence-corrected chi connectivity index (χ0v) is 20.9. The lowest BCUT2D eigenvalue weighted by Crippen LogP contribution is -2.41. The number of benzene rings is 2. The van der Waals surface area contributed by atoms with Gasteiger partial charge in [0.2, 0.25) is 11.8 Å². The number of thiazole rings is 1. The van der Waals surface area contributed by atoms with Crippen molar-refractivity contribution in [1.29, 1.82) is 0 Å². The Balaban J connectivity index is 1.60. The molecule has 4 N–H and O–H groups in total. The molecule has 37 heavy (non-hydrogen) atoms. The van der Waals surface area contributed by atoms with Crippen molar-refractivity contribution in [3.8, 4) is 11.5 Å². The number of rotatable bonds is 5. The van der Waals surface area contributed by atoms with Gasteiger partial charge in [-0.2, -0.15) is 4.90 Å². The van der Waals surface area contributed by atoms with E-state index in [2.05, 4.69) is 5.32 Å². The number of anilines is 1. The summed E-state index contributed by atoms with van der Waals surface area (Å²) >= 11 is 1.81. The van der Waals surface area contributed by atoms with Crippen LogP contribution in [-0.4, -0.2) is 50.7 Å². The zero-order chi connectivity index (χ0) is 26.4. The van der Waals surface area contributed by atoms with E-state index in [0.717, 1.165) is 23.1 Å². The summed E-state index contributed by atoms with van der Waals surface area (Å²) < 4.78 is 6.47. The van der Waals surface area contributed by atoms with Gasteiger partial charge in [0.1, 0.15) is 11.8 Å². The maximum atomic E-state index is 13.2. The summed E-state index contributed by atoms with van der Waals surface area (Å²) in [5.41, 5.74) is 6.38. The molecule has 3 atom stereocenters. The lowest BCUT2D eigenvalue weighted by Gasteiger charge is -2.30. The Morgan fingerprint density at radius 1 is 1.11 bits per heavy atom. The van der Waals surface area contributed by atoms with Crippen LogP contribution in [0.15, 0.2) is 58.4 Å². The molecule has 5 rings (SSSR count). The van der Waals surface area contributed by atoms with Gasteiger partial charge in [0.15, 0.2) is 11.5 Å². The summed E-state index contributed by atoms with van der Waals surface area (Å²) in [5, 5.41) is 12.1. The number of fused-ring (bicyclic) bond motifs is 2. The number of nitrogens with one attached hydrogen (secondary N) is 1. The van der Waals surface area contributed by atoms with E-state index in [1.165, 1.54) is 23.8 Å². The quantitative estimate of drug-likeness (QED) is 0.414. The number of amides is 5. The van der Waals surface area contributed by atoms with Gasteiger partial charge in [-0.3, -0.25) is 23.7 Å². The molecule has 190 valence electrons. The van der Waals surface area contributed by atoms with Crippen molar-refractivity contribution < 1.29 is 29.0 Å². The van der Waals surface area contributed by atoms with Crippen molar-refractivity contribution in [2.75, 3.05) is 12.4 Å². The standard InChI is InChI=1S/C24H20N4O7S2/c1-35-14-9-11(7-8-13(14)29)16-17-18(21(32)28(20(17)31)23(25)33)36-22-19(16)37-24(34)27(22)10-15(30)26-12-5-3-2-4-6-12/h2-9,16-18,29H,10H2,1H3,(H2,25,33)(H,26,30)/t16-,17+,18-/m0/s1. The predicted octanol–water partition coefficient (Wildman–Crippen LogP) is 1.93. The number of carbonyl (C=O) groups excluding carboxylic acids is 4. The molecule has 2 aliphatic rings. The molecule has 5 amide bonds. The summed E-state index contributed by atoms with van der Waals surface area (Å²) in [6.45, 7) is -0.322. The van der Waals surface area contributed by atoms with Gasteiger partial charge in [-0.05, 0) is 29.8 Å². The molecule has 0 bridgehead atoms. The molecule has 1 fully saturated rings. The number of ether oxygens (including phenoxy) is 1. The minimum Gasteiger partial charge on any atom is -0.504 e. The van der Waals surface area contributed by atoms with Gasteiger partial charge in [-0.1, -0.05) is 47.4 Å². The van der Waals surface area contributed by atoms with E-state index in [0.29, 0.717) is 26.1 Å². The van der Waals surface area contributed by atoms with E-state index >= 15 is 0 Å². The maximum absolute atomic E-state index is 13.2. The summed E-state index contributed by atoms with van der Waals surface area (Å²) in [5.74, 6) is -3.87. The van der Waals surface area contributed by atoms with Crippen LogP contribution in [0, 0.1) is 5.92 Å². The van der Waals surface area contributed by atoms with Crippen molar-refractivity contribution in [1.82, 2.24) is 9.47 Å². The number of imide groups is 3. The van der Waals surface area contributed by atoms with Crippen LogP contribution in [0.25, 0.3) is 0 Å². The highest BCUT2D eigenvalue weighted by Crippen LogP contribution is 2.53. The summed E-state index contributed by atoms with van der Waals surface area (Å²) in [6, 6.07) is 12.0. The highest BCUT2D eigenvalue weighted by molar-refractivity contribution is 8.00. The molecular weight excluding hydrogens is 520 g/mol. The molecule has 1 aromatic heterocycles. The first kappa shape index (κ1) is 24.6. The van der Waals surface area contributed by atoms with Gasteiger partial charge in [0.05, 0.1) is 18.1 Å². The zero-order valence-electron chi connectivity index (χ0n) is 19.2. The average Bonchev–Trinajstić information content (AvgIpc) is 3.31. The molecule has 0 aliphatic carbocycles. The second kappa shape index (κ2) is 9.41. The number of hydrogen-bond acceptors (Lipinski definition) is 9. The van der Waals surface area contributed by atoms with Gasteiger partial charge in [0.25, 0.3) is 5.91 Å². The Kier molecular flexibility index (Phi) is 6.25. The highest BCUT2D eigenvalue weighted by Gasteiger charge is 2.58. The van der Waals surface area contributed by atoms with Crippen LogP contribution < -0.4 is 20.7 Å². The lowest BCUT2D eigenvalue weighted by molar-refractivity contribution is -0.135. The second-order valence-electron chi connectivity index (χ2n) is 8.36. The van der Waals surface area contributed by atoms with Crippen LogP contribution in [0.5, 0.6) is 11.5 Å². The molecule has 2 aliphatic heterocycles. The van der Waals surface area contributed by atoms with E-state index in [4.69, 9.17) is 10.5 Å². The van der Waals surface area contributed by atoms with Gasteiger partial charge in [0, 0.05) is 16.5 Å². The fourth-order valence-electron chi connectivity index (χ4n) is 4.58. The monoisotopic (exact) mass is 540 g/mol. The topological polar surface area (TPSA) is 161 Å². The van der Waals surface area contributed by atoms with E-state index in [-0.39, 0.29) is 18.0 Å². The molecule has 0 saturated carbocycles. The average molecular weight is 541 g/mol. The first-order valence-electron chi connectivity index (χ1n) is 11.0. The van der Waals surface area contributed by atoms with E-state index in [1.807, 2.05) is 0 Å². The van der Waals surface area contributed by atoms with Crippen LogP contribution in [0.1, 0.15) is 16.4 Å². The Morgan fingerprint density at radius 2 is 1.84 bits per heavy atom. The third-order valence-corrected chi connectivity index (χ3v) is 8.80. The Hall–Kier alpha value is -4.10. The number of phenols is 1. The Morgan fingerprint density at radius 3 is 2.51 bits per heavy atom. The Labute approximate surface area is 217 Å². The van der Waals surface area contributed by atoms with Gasteiger partial charge in [-0.25, -0.2) is 4.79 Å². The van der Waals surface area contributed by atoms with Crippen molar-refractivity contribution in [3.63, 3.8) is 0 Å². The molecule has 0 radical (unpaired) electrons. The Bertz CT molecular complexity index is 1500. The highest BCUT2D eigenvalue weighted by atomic mass is 32.2. The number of carbonyl (C=O) groups is 4. The van der Waals surface area contributed by atoms with Crippen molar-refractivity contribution in [2.45, 2.75) is 22.7 Å². The largest absolute Gasteiger partial charge is 0.504 e. The van der Waals surface area contributed by atoms with Crippen LogP contribution >= 0.6 is 23.1 Å². The number of aromatic nitrogens is 1. The third-order valence-electron chi connectivity index (χ3n) is 6.19. The molecule has 13 heteroatoms. The number of hydrogen-bond donors (Lipinski definition) is 3.